The van der Waals surface area contributed by atoms with Crippen LogP contribution in [0, 0.1) is 0 Å². The Labute approximate surface area is 178 Å². The van der Waals surface area contributed by atoms with Crippen LogP contribution in [0.3, 0.4) is 0 Å². The molecule has 1 fully saturated rings. The number of nitrogens with zero attached hydrogens (tertiary/aromatic N) is 2. The largest absolute Gasteiger partial charge is 0.496 e. The van der Waals surface area contributed by atoms with E-state index in [2.05, 4.69) is 25.2 Å². The maximum Gasteiger partial charge on any atom is 0.327 e. The summed E-state index contributed by atoms with van der Waals surface area (Å²) in [5.74, 6) is 0.451. The van der Waals surface area contributed by atoms with Crippen LogP contribution in [0.4, 0.5) is 0 Å². The third-order valence-electron chi connectivity index (χ3n) is 5.64. The van der Waals surface area contributed by atoms with Crippen molar-refractivity contribution in [3.8, 4) is 5.75 Å². The summed E-state index contributed by atoms with van der Waals surface area (Å²) in [4.78, 5) is 47.3. The summed E-state index contributed by atoms with van der Waals surface area (Å²) < 4.78 is 5.56. The highest BCUT2D eigenvalue weighted by molar-refractivity contribution is 5.96. The third-order valence-corrected chi connectivity index (χ3v) is 5.64. The van der Waals surface area contributed by atoms with Crippen LogP contribution in [-0.2, 0) is 0 Å². The van der Waals surface area contributed by atoms with E-state index < -0.39 is 11.2 Å². The molecule has 1 aliphatic rings. The zero-order chi connectivity index (χ0) is 21.8. The van der Waals surface area contributed by atoms with Crippen LogP contribution < -0.4 is 21.3 Å². The van der Waals surface area contributed by atoms with Gasteiger partial charge in [-0.1, -0.05) is 24.6 Å². The number of ether oxygens (including phenoxy) is 1. The number of aromatic amines is 2. The van der Waals surface area contributed by atoms with Gasteiger partial charge in [-0.3, -0.25) is 24.5 Å². The van der Waals surface area contributed by atoms with E-state index in [1.165, 1.54) is 18.7 Å². The molecule has 3 N–H and O–H groups in total. The molecule has 0 bridgehead atoms. The van der Waals surface area contributed by atoms with Gasteiger partial charge < -0.3 is 10.1 Å². The van der Waals surface area contributed by atoms with Crippen molar-refractivity contribution in [1.29, 1.82) is 0 Å². The number of rotatable bonds is 6. The minimum absolute atomic E-state index is 0.0337. The van der Waals surface area contributed by atoms with Crippen LogP contribution in [-0.4, -0.2) is 52.5 Å². The van der Waals surface area contributed by atoms with Crippen molar-refractivity contribution in [3.05, 3.63) is 68.5 Å². The molecule has 9 nitrogen and oxygen atoms in total. The average Bonchev–Trinajstić information content (AvgIpc) is 2.80. The monoisotopic (exact) mass is 423 g/mol. The SMILES string of the molecule is COc1ccccc1C(CNC(=O)c1cnc2[nH]c(=O)[nH]c(=O)c2c1)N1CCCCC1. The fourth-order valence-electron chi connectivity index (χ4n) is 4.07. The van der Waals surface area contributed by atoms with Crippen LogP contribution >= 0.6 is 0 Å². The Kier molecular flexibility index (Phi) is 6.13. The van der Waals surface area contributed by atoms with Gasteiger partial charge in [0.1, 0.15) is 11.4 Å². The number of para-hydroxylation sites is 1. The summed E-state index contributed by atoms with van der Waals surface area (Å²) in [6, 6.07) is 9.25. The summed E-state index contributed by atoms with van der Waals surface area (Å²) >= 11 is 0. The van der Waals surface area contributed by atoms with Crippen molar-refractivity contribution in [1.82, 2.24) is 25.2 Å². The third kappa shape index (κ3) is 4.51. The first-order valence-corrected chi connectivity index (χ1v) is 10.3. The summed E-state index contributed by atoms with van der Waals surface area (Å²) in [7, 11) is 1.65. The number of amides is 1. The van der Waals surface area contributed by atoms with E-state index in [4.69, 9.17) is 4.74 Å². The fraction of sp³-hybridized carbons (Fsp3) is 0.364. The number of nitrogens with one attached hydrogen (secondary N) is 3. The lowest BCUT2D eigenvalue weighted by Gasteiger charge is -2.35. The Hall–Kier alpha value is -3.46. The quantitative estimate of drug-likeness (QED) is 0.554. The van der Waals surface area contributed by atoms with Crippen LogP contribution in [0.15, 0.2) is 46.1 Å². The Morgan fingerprint density at radius 1 is 1.19 bits per heavy atom. The maximum absolute atomic E-state index is 12.9. The van der Waals surface area contributed by atoms with Gasteiger partial charge in [0.2, 0.25) is 0 Å². The van der Waals surface area contributed by atoms with Gasteiger partial charge in [-0.15, -0.1) is 0 Å². The number of carbonyl (C=O) groups is 1. The first-order valence-electron chi connectivity index (χ1n) is 10.3. The van der Waals surface area contributed by atoms with Gasteiger partial charge in [-0.25, -0.2) is 9.78 Å². The molecule has 2 aromatic heterocycles. The molecule has 1 amide bonds. The molecule has 9 heteroatoms. The second kappa shape index (κ2) is 9.13. The average molecular weight is 423 g/mol. The highest BCUT2D eigenvalue weighted by atomic mass is 16.5. The number of aromatic nitrogens is 3. The smallest absolute Gasteiger partial charge is 0.327 e. The second-order valence-electron chi connectivity index (χ2n) is 7.59. The number of carbonyl (C=O) groups excluding carboxylic acids is 1. The molecule has 0 aliphatic carbocycles. The van der Waals surface area contributed by atoms with Crippen LogP contribution in [0.5, 0.6) is 5.75 Å². The molecule has 1 unspecified atom stereocenters. The molecule has 1 atom stereocenters. The van der Waals surface area contributed by atoms with E-state index in [-0.39, 0.29) is 28.5 Å². The van der Waals surface area contributed by atoms with Gasteiger partial charge in [0.15, 0.2) is 0 Å². The predicted octanol–water partition coefficient (Wildman–Crippen LogP) is 1.58. The second-order valence-corrected chi connectivity index (χ2v) is 7.59. The molecule has 4 rings (SSSR count). The molecular weight excluding hydrogens is 398 g/mol. The maximum atomic E-state index is 12.9. The predicted molar refractivity (Wildman–Crippen MR) is 116 cm³/mol. The minimum atomic E-state index is -0.636. The number of likely N-dealkylation sites (tertiary alicyclic amines) is 1. The highest BCUT2D eigenvalue weighted by Crippen LogP contribution is 2.31. The Balaban J connectivity index is 1.58. The normalized spacial score (nSPS) is 15.5. The number of hydrogen-bond acceptors (Lipinski definition) is 6. The lowest BCUT2D eigenvalue weighted by molar-refractivity contribution is 0.0923. The van der Waals surface area contributed by atoms with Gasteiger partial charge in [0.05, 0.1) is 24.1 Å². The summed E-state index contributed by atoms with van der Waals surface area (Å²) in [5.41, 5.74) is 0.204. The number of pyridine rings is 1. The molecule has 3 aromatic rings. The van der Waals surface area contributed by atoms with Crippen LogP contribution in [0.2, 0.25) is 0 Å². The number of H-pyrrole nitrogens is 2. The van der Waals surface area contributed by atoms with Crippen molar-refractivity contribution in [2.45, 2.75) is 25.3 Å². The van der Waals surface area contributed by atoms with E-state index in [0.29, 0.717) is 6.54 Å². The van der Waals surface area contributed by atoms with Crippen molar-refractivity contribution >= 4 is 16.9 Å². The molecule has 3 heterocycles. The molecule has 1 aromatic carbocycles. The number of methoxy groups -OCH3 is 1. The van der Waals surface area contributed by atoms with E-state index in [0.717, 1.165) is 37.2 Å². The molecule has 31 heavy (non-hydrogen) atoms. The molecule has 1 aliphatic heterocycles. The van der Waals surface area contributed by atoms with Crippen LogP contribution in [0.1, 0.15) is 41.2 Å². The molecular formula is C22H25N5O4. The fourth-order valence-corrected chi connectivity index (χ4v) is 4.07. The molecule has 0 radical (unpaired) electrons. The topological polar surface area (TPSA) is 120 Å². The van der Waals surface area contributed by atoms with Gasteiger partial charge in [0, 0.05) is 18.3 Å². The van der Waals surface area contributed by atoms with E-state index in [1.54, 1.807) is 7.11 Å². The molecule has 0 saturated carbocycles. The van der Waals surface area contributed by atoms with Crippen molar-refractivity contribution in [3.63, 3.8) is 0 Å². The zero-order valence-electron chi connectivity index (χ0n) is 17.3. The Morgan fingerprint density at radius 3 is 2.74 bits per heavy atom. The van der Waals surface area contributed by atoms with Crippen molar-refractivity contribution < 1.29 is 9.53 Å². The first kappa shape index (κ1) is 20.8. The minimum Gasteiger partial charge on any atom is -0.496 e. The Morgan fingerprint density at radius 2 is 1.97 bits per heavy atom. The van der Waals surface area contributed by atoms with Gasteiger partial charge in [0.25, 0.3) is 11.5 Å². The van der Waals surface area contributed by atoms with E-state index >= 15 is 0 Å². The van der Waals surface area contributed by atoms with Gasteiger partial charge in [-0.05, 0) is 38.1 Å². The molecule has 162 valence electrons. The number of hydrogen-bond donors (Lipinski definition) is 3. The lowest BCUT2D eigenvalue weighted by atomic mass is 10.0. The van der Waals surface area contributed by atoms with E-state index in [1.807, 2.05) is 24.3 Å². The lowest BCUT2D eigenvalue weighted by Crippen LogP contribution is -2.40. The van der Waals surface area contributed by atoms with Crippen molar-refractivity contribution in [2.24, 2.45) is 0 Å². The Bertz CT molecular complexity index is 1200. The zero-order valence-corrected chi connectivity index (χ0v) is 17.3. The summed E-state index contributed by atoms with van der Waals surface area (Å²) in [5, 5.41) is 3.14. The molecule has 1 saturated heterocycles. The highest BCUT2D eigenvalue weighted by Gasteiger charge is 2.25. The van der Waals surface area contributed by atoms with E-state index in [9.17, 15) is 14.4 Å². The van der Waals surface area contributed by atoms with Gasteiger partial charge >= 0.3 is 5.69 Å². The van der Waals surface area contributed by atoms with Gasteiger partial charge in [-0.2, -0.15) is 0 Å². The standard InChI is InChI=1S/C22H25N5O4/c1-31-18-8-4-3-7-15(18)17(27-9-5-2-6-10-27)13-24-20(28)14-11-16-19(23-12-14)25-22(30)26-21(16)29/h3-4,7-8,11-12,17H,2,5-6,9-10,13H2,1H3,(H,24,28)(H2,23,25,26,29,30). The number of piperidine rings is 1. The number of benzene rings is 1. The summed E-state index contributed by atoms with van der Waals surface area (Å²) in [6.45, 7) is 2.30. The summed E-state index contributed by atoms with van der Waals surface area (Å²) in [6.07, 6.45) is 4.80. The van der Waals surface area contributed by atoms with Crippen molar-refractivity contribution in [2.75, 3.05) is 26.7 Å². The molecule has 0 spiro atoms. The first-order chi connectivity index (χ1) is 15.1. The van der Waals surface area contributed by atoms with Crippen LogP contribution in [0.25, 0.3) is 11.0 Å². The number of fused-ring (bicyclic) bond motifs is 1.